The Morgan fingerprint density at radius 3 is 2.36 bits per heavy atom. The number of aliphatic hydroxyl groups excluding tert-OH is 1. The number of nitrogens with two attached hydrogens (primary N) is 1. The molecule has 1 aliphatic heterocycles. The van der Waals surface area contributed by atoms with Gasteiger partial charge in [0.15, 0.2) is 0 Å². The van der Waals surface area contributed by atoms with Crippen molar-refractivity contribution in [3.63, 3.8) is 0 Å². The monoisotopic (exact) mass is 359 g/mol. The third-order valence-corrected chi connectivity index (χ3v) is 6.69. The summed E-state index contributed by atoms with van der Waals surface area (Å²) in [4.78, 5) is 12.6. The van der Waals surface area contributed by atoms with Gasteiger partial charge >= 0.3 is 0 Å². The SMILES string of the molecule is NC(=O)C1(S(=O)c2ccc(-c3ccccc3CO)cc2)CCOCC1. The zero-order valence-corrected chi connectivity index (χ0v) is 14.6. The van der Waals surface area contributed by atoms with E-state index >= 15 is 0 Å². The maximum Gasteiger partial charge on any atom is 0.236 e. The van der Waals surface area contributed by atoms with Gasteiger partial charge < -0.3 is 15.6 Å². The first-order chi connectivity index (χ1) is 12.1. The average Bonchev–Trinajstić information content (AvgIpc) is 2.68. The lowest BCUT2D eigenvalue weighted by molar-refractivity contribution is -0.122. The van der Waals surface area contributed by atoms with Gasteiger partial charge in [-0.3, -0.25) is 9.00 Å². The average molecular weight is 359 g/mol. The zero-order chi connectivity index (χ0) is 17.9. The summed E-state index contributed by atoms with van der Waals surface area (Å²) in [5, 5.41) is 9.48. The second-order valence-electron chi connectivity index (χ2n) is 6.08. The number of hydrogen-bond acceptors (Lipinski definition) is 4. The van der Waals surface area contributed by atoms with E-state index in [2.05, 4.69) is 0 Å². The zero-order valence-electron chi connectivity index (χ0n) is 13.8. The molecule has 25 heavy (non-hydrogen) atoms. The molecule has 1 amide bonds. The maximum atomic E-state index is 13.0. The van der Waals surface area contributed by atoms with Gasteiger partial charge in [0, 0.05) is 18.1 Å². The van der Waals surface area contributed by atoms with Crippen LogP contribution >= 0.6 is 0 Å². The Kier molecular flexibility index (Phi) is 5.32. The van der Waals surface area contributed by atoms with E-state index in [0.717, 1.165) is 16.7 Å². The minimum Gasteiger partial charge on any atom is -0.392 e. The molecule has 1 aliphatic rings. The number of benzene rings is 2. The Morgan fingerprint density at radius 2 is 1.76 bits per heavy atom. The molecule has 0 bridgehead atoms. The molecule has 0 aliphatic carbocycles. The lowest BCUT2D eigenvalue weighted by atomic mass is 9.98. The molecule has 1 unspecified atom stereocenters. The van der Waals surface area contributed by atoms with E-state index in [4.69, 9.17) is 10.5 Å². The van der Waals surface area contributed by atoms with Gasteiger partial charge in [-0.15, -0.1) is 0 Å². The van der Waals surface area contributed by atoms with Crippen LogP contribution in [0, 0.1) is 0 Å². The highest BCUT2D eigenvalue weighted by Gasteiger charge is 2.45. The molecule has 2 aromatic rings. The molecule has 0 saturated carbocycles. The Hall–Kier alpha value is -2.02. The minimum atomic E-state index is -1.53. The molecule has 3 N–H and O–H groups in total. The molecule has 0 spiro atoms. The number of hydrogen-bond donors (Lipinski definition) is 2. The predicted molar refractivity (Wildman–Crippen MR) is 96.2 cm³/mol. The summed E-state index contributed by atoms with van der Waals surface area (Å²) in [5.74, 6) is -0.538. The van der Waals surface area contributed by atoms with Crippen LogP contribution in [0.3, 0.4) is 0 Å². The molecular formula is C19H21NO4S. The van der Waals surface area contributed by atoms with Gasteiger partial charge in [-0.1, -0.05) is 36.4 Å². The first kappa shape index (κ1) is 17.8. The molecule has 1 atom stereocenters. The topological polar surface area (TPSA) is 89.6 Å². The van der Waals surface area contributed by atoms with Crippen molar-refractivity contribution in [2.24, 2.45) is 5.73 Å². The molecule has 132 valence electrons. The Balaban J connectivity index is 1.91. The van der Waals surface area contributed by atoms with Gasteiger partial charge in [0.05, 0.1) is 17.4 Å². The van der Waals surface area contributed by atoms with E-state index in [-0.39, 0.29) is 6.61 Å². The van der Waals surface area contributed by atoms with Crippen LogP contribution in [0.1, 0.15) is 18.4 Å². The van der Waals surface area contributed by atoms with Crippen LogP contribution in [-0.2, 0) is 26.9 Å². The van der Waals surface area contributed by atoms with Crippen LogP contribution in [-0.4, -0.2) is 33.2 Å². The van der Waals surface area contributed by atoms with Gasteiger partial charge in [-0.2, -0.15) is 0 Å². The first-order valence-corrected chi connectivity index (χ1v) is 9.32. The van der Waals surface area contributed by atoms with E-state index in [1.54, 1.807) is 12.1 Å². The van der Waals surface area contributed by atoms with Gasteiger partial charge in [0.1, 0.15) is 4.75 Å². The number of carbonyl (C=O) groups excluding carboxylic acids is 1. The summed E-state index contributed by atoms with van der Waals surface area (Å²) in [6.07, 6.45) is 0.730. The highest BCUT2D eigenvalue weighted by molar-refractivity contribution is 7.87. The Bertz CT molecular complexity index is 782. The maximum absolute atomic E-state index is 13.0. The lowest BCUT2D eigenvalue weighted by Gasteiger charge is -2.33. The van der Waals surface area contributed by atoms with Crippen LogP contribution in [0.4, 0.5) is 0 Å². The van der Waals surface area contributed by atoms with Crippen LogP contribution in [0.5, 0.6) is 0 Å². The van der Waals surface area contributed by atoms with Crippen molar-refractivity contribution < 1.29 is 18.8 Å². The van der Waals surface area contributed by atoms with Crippen LogP contribution in [0.25, 0.3) is 11.1 Å². The van der Waals surface area contributed by atoms with Crippen molar-refractivity contribution in [1.29, 1.82) is 0 Å². The fourth-order valence-corrected chi connectivity index (χ4v) is 4.70. The summed E-state index contributed by atoms with van der Waals surface area (Å²) < 4.78 is 17.3. The van der Waals surface area contributed by atoms with E-state index in [1.165, 1.54) is 0 Å². The molecule has 1 heterocycles. The number of primary amides is 1. The largest absolute Gasteiger partial charge is 0.392 e. The molecule has 1 fully saturated rings. The van der Waals surface area contributed by atoms with Crippen LogP contribution in [0.2, 0.25) is 0 Å². The quantitative estimate of drug-likeness (QED) is 0.854. The summed E-state index contributed by atoms with van der Waals surface area (Å²) >= 11 is 0. The Labute approximate surface area is 149 Å². The molecule has 6 heteroatoms. The van der Waals surface area contributed by atoms with E-state index in [0.29, 0.717) is 31.0 Å². The van der Waals surface area contributed by atoms with Crippen molar-refractivity contribution in [1.82, 2.24) is 0 Å². The fourth-order valence-electron chi connectivity index (χ4n) is 3.15. The van der Waals surface area contributed by atoms with Gasteiger partial charge in [0.25, 0.3) is 0 Å². The smallest absolute Gasteiger partial charge is 0.236 e. The second-order valence-corrected chi connectivity index (χ2v) is 7.87. The van der Waals surface area contributed by atoms with Crippen molar-refractivity contribution in [3.05, 3.63) is 54.1 Å². The Morgan fingerprint density at radius 1 is 1.12 bits per heavy atom. The number of ether oxygens (including phenoxy) is 1. The van der Waals surface area contributed by atoms with Crippen LogP contribution < -0.4 is 5.73 Å². The van der Waals surface area contributed by atoms with E-state index < -0.39 is 21.5 Å². The molecule has 5 nitrogen and oxygen atoms in total. The molecule has 0 radical (unpaired) electrons. The van der Waals surface area contributed by atoms with Gasteiger partial charge in [-0.25, -0.2) is 0 Å². The van der Waals surface area contributed by atoms with Crippen molar-refractivity contribution in [2.75, 3.05) is 13.2 Å². The minimum absolute atomic E-state index is 0.0470. The predicted octanol–water partition coefficient (Wildman–Crippen LogP) is 1.99. The third-order valence-electron chi connectivity index (χ3n) is 4.67. The highest BCUT2D eigenvalue weighted by Crippen LogP contribution is 2.33. The van der Waals surface area contributed by atoms with E-state index in [9.17, 15) is 14.1 Å². The number of carbonyl (C=O) groups is 1. The first-order valence-electron chi connectivity index (χ1n) is 8.17. The summed E-state index contributed by atoms with van der Waals surface area (Å²) in [7, 11) is -1.53. The van der Waals surface area contributed by atoms with Crippen molar-refractivity contribution >= 4 is 16.7 Å². The molecule has 1 saturated heterocycles. The number of rotatable bonds is 5. The number of amides is 1. The summed E-state index contributed by atoms with van der Waals surface area (Å²) in [6.45, 7) is 0.724. The summed E-state index contributed by atoms with van der Waals surface area (Å²) in [6, 6.07) is 14.8. The highest BCUT2D eigenvalue weighted by atomic mass is 32.2. The molecule has 2 aromatic carbocycles. The molecule has 0 aromatic heterocycles. The lowest BCUT2D eigenvalue weighted by Crippen LogP contribution is -2.51. The standard InChI is InChI=1S/C19H21NO4S/c20-18(22)19(9-11-24-12-10-19)25(23)16-7-5-14(6-8-16)17-4-2-1-3-15(17)13-21/h1-8,21H,9-13H2,(H2,20,22). The fraction of sp³-hybridized carbons (Fsp3) is 0.316. The van der Waals surface area contributed by atoms with Crippen molar-refractivity contribution in [2.45, 2.75) is 29.1 Å². The van der Waals surface area contributed by atoms with Crippen molar-refractivity contribution in [3.8, 4) is 11.1 Å². The van der Waals surface area contributed by atoms with Gasteiger partial charge in [0.2, 0.25) is 5.91 Å². The third kappa shape index (κ3) is 3.38. The van der Waals surface area contributed by atoms with E-state index in [1.807, 2.05) is 36.4 Å². The van der Waals surface area contributed by atoms with Gasteiger partial charge in [-0.05, 0) is 41.7 Å². The number of aliphatic hydroxyl groups is 1. The molecule has 3 rings (SSSR count). The van der Waals surface area contributed by atoms with Crippen LogP contribution in [0.15, 0.2) is 53.4 Å². The molecular weight excluding hydrogens is 338 g/mol. The second kappa shape index (κ2) is 7.47. The normalized spacial score (nSPS) is 17.8. The summed E-state index contributed by atoms with van der Waals surface area (Å²) in [5.41, 5.74) is 8.26.